The van der Waals surface area contributed by atoms with E-state index in [4.69, 9.17) is 4.74 Å². The van der Waals surface area contributed by atoms with Crippen LogP contribution in [0.2, 0.25) is 0 Å². The first-order chi connectivity index (χ1) is 9.50. The molecule has 5 heteroatoms. The lowest BCUT2D eigenvalue weighted by Crippen LogP contribution is -2.53. The molecule has 1 fully saturated rings. The van der Waals surface area contributed by atoms with Crippen molar-refractivity contribution in [3.63, 3.8) is 0 Å². The molecular formula is C15H23NO3S. The Labute approximate surface area is 121 Å². The van der Waals surface area contributed by atoms with E-state index in [0.29, 0.717) is 19.6 Å². The van der Waals surface area contributed by atoms with Crippen LogP contribution in [-0.4, -0.2) is 43.8 Å². The average Bonchev–Trinajstić information content (AvgIpc) is 2.39. The smallest absolute Gasteiger partial charge is 0.214 e. The second kappa shape index (κ2) is 6.70. The predicted octanol–water partition coefficient (Wildman–Crippen LogP) is 2.06. The normalized spacial score (nSPS) is 24.7. The van der Waals surface area contributed by atoms with E-state index in [2.05, 4.69) is 0 Å². The number of aryl methyl sites for hydroxylation is 1. The molecule has 0 saturated carbocycles. The van der Waals surface area contributed by atoms with Gasteiger partial charge >= 0.3 is 0 Å². The van der Waals surface area contributed by atoms with E-state index in [0.717, 1.165) is 6.42 Å². The van der Waals surface area contributed by atoms with Crippen LogP contribution < -0.4 is 0 Å². The fourth-order valence-corrected chi connectivity index (χ4v) is 4.69. The lowest BCUT2D eigenvalue weighted by atomic mass is 10.1. The zero-order valence-corrected chi connectivity index (χ0v) is 13.0. The first-order valence-electron chi connectivity index (χ1n) is 7.13. The fourth-order valence-electron chi connectivity index (χ4n) is 2.75. The van der Waals surface area contributed by atoms with Crippen LogP contribution >= 0.6 is 0 Å². The number of sulfonamides is 1. The van der Waals surface area contributed by atoms with Crippen LogP contribution in [-0.2, 0) is 21.2 Å². The molecule has 2 unspecified atom stereocenters. The monoisotopic (exact) mass is 297 g/mol. The predicted molar refractivity (Wildman–Crippen MR) is 80.1 cm³/mol. The van der Waals surface area contributed by atoms with E-state index >= 15 is 0 Å². The van der Waals surface area contributed by atoms with Gasteiger partial charge in [-0.2, -0.15) is 4.31 Å². The Morgan fingerprint density at radius 3 is 2.35 bits per heavy atom. The van der Waals surface area contributed by atoms with E-state index in [1.165, 1.54) is 5.56 Å². The number of hydrogen-bond acceptors (Lipinski definition) is 3. The van der Waals surface area contributed by atoms with Crippen LogP contribution in [0.15, 0.2) is 30.3 Å². The molecule has 1 saturated heterocycles. The zero-order chi connectivity index (χ0) is 14.6. The van der Waals surface area contributed by atoms with E-state index in [1.807, 2.05) is 44.2 Å². The molecule has 0 bridgehead atoms. The molecule has 0 amide bonds. The SMILES string of the molecule is CC1COCC(C)N1S(=O)(=O)CCCc1ccccc1. The van der Waals surface area contributed by atoms with Gasteiger partial charge in [-0.25, -0.2) is 8.42 Å². The van der Waals surface area contributed by atoms with Crippen molar-refractivity contribution in [3.8, 4) is 0 Å². The van der Waals surface area contributed by atoms with Crippen molar-refractivity contribution in [2.45, 2.75) is 38.8 Å². The zero-order valence-electron chi connectivity index (χ0n) is 12.2. The van der Waals surface area contributed by atoms with Crippen molar-refractivity contribution in [2.75, 3.05) is 19.0 Å². The van der Waals surface area contributed by atoms with Crippen molar-refractivity contribution in [1.82, 2.24) is 4.31 Å². The first-order valence-corrected chi connectivity index (χ1v) is 8.74. The molecular weight excluding hydrogens is 274 g/mol. The van der Waals surface area contributed by atoms with Crippen LogP contribution in [0.3, 0.4) is 0 Å². The Morgan fingerprint density at radius 2 is 1.75 bits per heavy atom. The van der Waals surface area contributed by atoms with Gasteiger partial charge in [0.1, 0.15) is 0 Å². The van der Waals surface area contributed by atoms with E-state index in [1.54, 1.807) is 4.31 Å². The second-order valence-corrected chi connectivity index (χ2v) is 7.46. The van der Waals surface area contributed by atoms with Gasteiger partial charge in [0, 0.05) is 12.1 Å². The number of benzene rings is 1. The third-order valence-electron chi connectivity index (χ3n) is 3.62. The maximum absolute atomic E-state index is 12.5. The lowest BCUT2D eigenvalue weighted by molar-refractivity contribution is 0.00637. The Bertz CT molecular complexity index is 505. The summed E-state index contributed by atoms with van der Waals surface area (Å²) in [5.41, 5.74) is 1.19. The Morgan fingerprint density at radius 1 is 1.15 bits per heavy atom. The van der Waals surface area contributed by atoms with Crippen molar-refractivity contribution in [2.24, 2.45) is 0 Å². The molecule has 0 radical (unpaired) electrons. The molecule has 4 nitrogen and oxygen atoms in total. The Kier molecular flexibility index (Phi) is 5.18. The van der Waals surface area contributed by atoms with Crippen molar-refractivity contribution in [3.05, 3.63) is 35.9 Å². The van der Waals surface area contributed by atoms with E-state index in [-0.39, 0.29) is 17.8 Å². The molecule has 2 atom stereocenters. The maximum atomic E-state index is 12.5. The van der Waals surface area contributed by atoms with Gasteiger partial charge in [0.2, 0.25) is 10.0 Å². The van der Waals surface area contributed by atoms with Crippen molar-refractivity contribution >= 4 is 10.0 Å². The summed E-state index contributed by atoms with van der Waals surface area (Å²) >= 11 is 0. The summed E-state index contributed by atoms with van der Waals surface area (Å²) in [6.45, 7) is 4.79. The van der Waals surface area contributed by atoms with Crippen molar-refractivity contribution in [1.29, 1.82) is 0 Å². The molecule has 20 heavy (non-hydrogen) atoms. The highest BCUT2D eigenvalue weighted by molar-refractivity contribution is 7.89. The van der Waals surface area contributed by atoms with Crippen molar-refractivity contribution < 1.29 is 13.2 Å². The number of ether oxygens (including phenoxy) is 1. The highest BCUT2D eigenvalue weighted by Gasteiger charge is 2.34. The number of nitrogens with zero attached hydrogens (tertiary/aromatic N) is 1. The molecule has 0 aromatic heterocycles. The minimum atomic E-state index is -3.20. The topological polar surface area (TPSA) is 46.6 Å². The molecule has 112 valence electrons. The van der Waals surface area contributed by atoms with E-state index < -0.39 is 10.0 Å². The summed E-state index contributed by atoms with van der Waals surface area (Å²) in [6, 6.07) is 9.86. The summed E-state index contributed by atoms with van der Waals surface area (Å²) < 4.78 is 31.9. The minimum absolute atomic E-state index is 0.0690. The van der Waals surface area contributed by atoms with Crippen LogP contribution in [0.5, 0.6) is 0 Å². The quantitative estimate of drug-likeness (QED) is 0.836. The number of morpholine rings is 1. The van der Waals surface area contributed by atoms with Gasteiger partial charge in [-0.3, -0.25) is 0 Å². The molecule has 2 rings (SSSR count). The third-order valence-corrected chi connectivity index (χ3v) is 5.79. The third kappa shape index (κ3) is 3.81. The number of rotatable bonds is 5. The number of hydrogen-bond donors (Lipinski definition) is 0. The summed E-state index contributed by atoms with van der Waals surface area (Å²) in [5, 5.41) is 0. The van der Waals surface area contributed by atoms with E-state index in [9.17, 15) is 8.42 Å². The standard InChI is InChI=1S/C15H23NO3S/c1-13-11-19-12-14(2)16(13)20(17,18)10-6-9-15-7-4-3-5-8-15/h3-5,7-8,13-14H,6,9-12H2,1-2H3. The highest BCUT2D eigenvalue weighted by Crippen LogP contribution is 2.19. The summed E-state index contributed by atoms with van der Waals surface area (Å²) in [4.78, 5) is 0. The highest BCUT2D eigenvalue weighted by atomic mass is 32.2. The van der Waals surface area contributed by atoms with Gasteiger partial charge in [0.25, 0.3) is 0 Å². The molecule has 1 aliphatic heterocycles. The fraction of sp³-hybridized carbons (Fsp3) is 0.600. The molecule has 1 aromatic carbocycles. The van der Waals surface area contributed by atoms with Gasteiger partial charge in [-0.05, 0) is 32.3 Å². The summed E-state index contributed by atoms with van der Waals surface area (Å²) in [6.07, 6.45) is 1.45. The largest absolute Gasteiger partial charge is 0.378 e. The summed E-state index contributed by atoms with van der Waals surface area (Å²) in [5.74, 6) is 0.205. The van der Waals surface area contributed by atoms with Crippen LogP contribution in [0.1, 0.15) is 25.8 Å². The van der Waals surface area contributed by atoms with Crippen LogP contribution in [0.25, 0.3) is 0 Å². The first kappa shape index (κ1) is 15.5. The maximum Gasteiger partial charge on any atom is 0.214 e. The molecule has 1 aromatic rings. The average molecular weight is 297 g/mol. The lowest BCUT2D eigenvalue weighted by Gasteiger charge is -2.37. The minimum Gasteiger partial charge on any atom is -0.378 e. The van der Waals surface area contributed by atoms with Gasteiger partial charge in [-0.15, -0.1) is 0 Å². The van der Waals surface area contributed by atoms with Crippen LogP contribution in [0.4, 0.5) is 0 Å². The van der Waals surface area contributed by atoms with Crippen LogP contribution in [0, 0.1) is 0 Å². The Balaban J connectivity index is 1.93. The molecule has 1 aliphatic rings. The molecule has 0 spiro atoms. The van der Waals surface area contributed by atoms with Gasteiger partial charge in [-0.1, -0.05) is 30.3 Å². The molecule has 0 N–H and O–H groups in total. The van der Waals surface area contributed by atoms with Gasteiger partial charge < -0.3 is 4.74 Å². The van der Waals surface area contributed by atoms with Gasteiger partial charge in [0.15, 0.2) is 0 Å². The summed E-state index contributed by atoms with van der Waals surface area (Å²) in [7, 11) is -3.20. The molecule has 1 heterocycles. The molecule has 0 aliphatic carbocycles. The second-order valence-electron chi connectivity index (χ2n) is 5.47. The Hall–Kier alpha value is -0.910. The van der Waals surface area contributed by atoms with Gasteiger partial charge in [0.05, 0.1) is 19.0 Å².